The summed E-state index contributed by atoms with van der Waals surface area (Å²) in [5, 5.41) is 0. The molecule has 1 heterocycles. The lowest BCUT2D eigenvalue weighted by atomic mass is 10.3. The summed E-state index contributed by atoms with van der Waals surface area (Å²) >= 11 is 4.30. The Bertz CT molecular complexity index is 751. The average molecular weight is 386 g/mol. The van der Waals surface area contributed by atoms with Gasteiger partial charge in [0.05, 0.1) is 3.79 Å². The van der Waals surface area contributed by atoms with Crippen LogP contribution in [0.1, 0.15) is 4.88 Å². The zero-order valence-corrected chi connectivity index (χ0v) is 13.1. The molecule has 0 bridgehead atoms. The number of sulfonamides is 1. The highest BCUT2D eigenvalue weighted by Crippen LogP contribution is 2.31. The first-order valence-electron chi connectivity index (χ1n) is 5.14. The molecule has 0 amide bonds. The number of nitrogens with one attached hydrogen (secondary N) is 1. The zero-order chi connectivity index (χ0) is 15.1. The van der Waals surface area contributed by atoms with E-state index in [0.717, 1.165) is 0 Å². The Morgan fingerprint density at radius 3 is 2.15 bits per heavy atom. The van der Waals surface area contributed by atoms with Gasteiger partial charge in [0.25, 0.3) is 10.0 Å². The minimum absolute atomic E-state index is 0.0995. The molecule has 1 aromatic heterocycles. The van der Waals surface area contributed by atoms with Crippen molar-refractivity contribution in [2.45, 2.75) is 11.8 Å². The summed E-state index contributed by atoms with van der Waals surface area (Å²) in [5.74, 6) is -3.77. The summed E-state index contributed by atoms with van der Waals surface area (Å²) in [7, 11) is -4.15. The van der Waals surface area contributed by atoms with Crippen LogP contribution in [0.2, 0.25) is 0 Å². The molecule has 0 saturated carbocycles. The van der Waals surface area contributed by atoms with E-state index in [2.05, 4.69) is 15.9 Å². The van der Waals surface area contributed by atoms with Gasteiger partial charge in [-0.2, -0.15) is 0 Å². The Hall–Kier alpha value is -1.06. The average Bonchev–Trinajstić information content (AvgIpc) is 2.64. The molecule has 0 atom stereocenters. The maximum atomic E-state index is 13.4. The summed E-state index contributed by atoms with van der Waals surface area (Å²) < 4.78 is 66.2. The monoisotopic (exact) mass is 385 g/mol. The molecule has 0 aliphatic carbocycles. The lowest BCUT2D eigenvalue weighted by Gasteiger charge is -2.09. The molecular formula is C11H7BrF3NO2S2. The highest BCUT2D eigenvalue weighted by atomic mass is 79.9. The Morgan fingerprint density at radius 1 is 1.15 bits per heavy atom. The van der Waals surface area contributed by atoms with Crippen molar-refractivity contribution in [1.82, 2.24) is 0 Å². The molecular weight excluding hydrogens is 379 g/mol. The first-order chi connectivity index (χ1) is 9.20. The number of thiophene rings is 1. The molecule has 0 fully saturated rings. The Balaban J connectivity index is 2.46. The Kier molecular flexibility index (Phi) is 4.12. The standard InChI is InChI=1S/C11H7BrF3NO2S2/c1-5-9(4-10(12)19-5)20(17,18)16-11-7(14)2-6(13)3-8(11)15/h2-4,16H,1H3. The number of rotatable bonds is 3. The molecule has 0 radical (unpaired) electrons. The van der Waals surface area contributed by atoms with Crippen LogP contribution in [-0.2, 0) is 10.0 Å². The molecule has 0 aliphatic heterocycles. The Labute approximate surface area is 125 Å². The van der Waals surface area contributed by atoms with Crippen molar-refractivity contribution in [2.24, 2.45) is 0 Å². The highest BCUT2D eigenvalue weighted by molar-refractivity contribution is 9.11. The lowest BCUT2D eigenvalue weighted by Crippen LogP contribution is -2.15. The highest BCUT2D eigenvalue weighted by Gasteiger charge is 2.23. The van der Waals surface area contributed by atoms with Crippen LogP contribution in [0, 0.1) is 24.4 Å². The smallest absolute Gasteiger partial charge is 0.263 e. The van der Waals surface area contributed by atoms with Gasteiger partial charge in [0, 0.05) is 17.0 Å². The van der Waals surface area contributed by atoms with Crippen molar-refractivity contribution in [3.05, 3.63) is 44.3 Å². The molecule has 9 heteroatoms. The van der Waals surface area contributed by atoms with Gasteiger partial charge >= 0.3 is 0 Å². The van der Waals surface area contributed by atoms with Gasteiger partial charge in [0.2, 0.25) is 0 Å². The molecule has 1 N–H and O–H groups in total. The fourth-order valence-corrected chi connectivity index (χ4v) is 5.02. The fraction of sp³-hybridized carbons (Fsp3) is 0.0909. The van der Waals surface area contributed by atoms with Crippen LogP contribution in [0.15, 0.2) is 26.9 Å². The molecule has 0 unspecified atom stereocenters. The fourth-order valence-electron chi connectivity index (χ4n) is 1.53. The summed E-state index contributed by atoms with van der Waals surface area (Å²) in [5.41, 5.74) is -0.909. The van der Waals surface area contributed by atoms with Gasteiger partial charge in [-0.05, 0) is 28.9 Å². The molecule has 3 nitrogen and oxygen atoms in total. The van der Waals surface area contributed by atoms with Gasteiger partial charge in [0.1, 0.15) is 16.4 Å². The van der Waals surface area contributed by atoms with Gasteiger partial charge in [-0.25, -0.2) is 21.6 Å². The maximum Gasteiger partial charge on any atom is 0.263 e. The summed E-state index contributed by atoms with van der Waals surface area (Å²) in [6, 6.07) is 2.12. The van der Waals surface area contributed by atoms with Crippen LogP contribution in [-0.4, -0.2) is 8.42 Å². The normalized spacial score (nSPS) is 11.7. The van der Waals surface area contributed by atoms with E-state index >= 15 is 0 Å². The van der Waals surface area contributed by atoms with E-state index in [0.29, 0.717) is 20.8 Å². The van der Waals surface area contributed by atoms with Crippen molar-refractivity contribution in [1.29, 1.82) is 0 Å². The lowest BCUT2D eigenvalue weighted by molar-refractivity contribution is 0.547. The molecule has 0 spiro atoms. The quantitative estimate of drug-likeness (QED) is 0.866. The predicted molar refractivity (Wildman–Crippen MR) is 73.9 cm³/mol. The van der Waals surface area contributed by atoms with Crippen LogP contribution in [0.5, 0.6) is 0 Å². The molecule has 20 heavy (non-hydrogen) atoms. The van der Waals surface area contributed by atoms with E-state index in [4.69, 9.17) is 0 Å². The van der Waals surface area contributed by atoms with Crippen molar-refractivity contribution in [3.8, 4) is 0 Å². The van der Waals surface area contributed by atoms with E-state index in [1.807, 2.05) is 0 Å². The van der Waals surface area contributed by atoms with Crippen molar-refractivity contribution >= 4 is 43.0 Å². The third kappa shape index (κ3) is 2.99. The van der Waals surface area contributed by atoms with Gasteiger partial charge in [-0.3, -0.25) is 4.72 Å². The minimum Gasteiger partial charge on any atom is -0.274 e. The van der Waals surface area contributed by atoms with Gasteiger partial charge < -0.3 is 0 Å². The van der Waals surface area contributed by atoms with Crippen LogP contribution in [0.25, 0.3) is 0 Å². The van der Waals surface area contributed by atoms with Gasteiger partial charge in [-0.1, -0.05) is 0 Å². The molecule has 0 aliphatic rings. The van der Waals surface area contributed by atoms with E-state index in [1.165, 1.54) is 17.4 Å². The summed E-state index contributed by atoms with van der Waals surface area (Å²) in [4.78, 5) is 0.352. The number of halogens is 4. The number of anilines is 1. The topological polar surface area (TPSA) is 46.2 Å². The molecule has 1 aromatic carbocycles. The number of hydrogen-bond acceptors (Lipinski definition) is 3. The third-order valence-electron chi connectivity index (χ3n) is 2.37. The number of hydrogen-bond donors (Lipinski definition) is 1. The number of benzene rings is 1. The van der Waals surface area contributed by atoms with Crippen molar-refractivity contribution in [3.63, 3.8) is 0 Å². The predicted octanol–water partition coefficient (Wildman–Crippen LogP) is 4.04. The van der Waals surface area contributed by atoms with E-state index in [1.54, 1.807) is 11.6 Å². The Morgan fingerprint density at radius 2 is 1.70 bits per heavy atom. The SMILES string of the molecule is Cc1sc(Br)cc1S(=O)(=O)Nc1c(F)cc(F)cc1F. The summed E-state index contributed by atoms with van der Waals surface area (Å²) in [6.45, 7) is 1.56. The molecule has 0 saturated heterocycles. The molecule has 108 valence electrons. The van der Waals surface area contributed by atoms with E-state index in [9.17, 15) is 21.6 Å². The second-order valence-corrected chi connectivity index (χ2v) is 8.11. The first-order valence-corrected chi connectivity index (χ1v) is 8.23. The molecule has 2 rings (SSSR count). The van der Waals surface area contributed by atoms with E-state index < -0.39 is 33.2 Å². The summed E-state index contributed by atoms with van der Waals surface area (Å²) in [6.07, 6.45) is 0. The minimum atomic E-state index is -4.15. The van der Waals surface area contributed by atoms with Crippen LogP contribution >= 0.6 is 27.3 Å². The van der Waals surface area contributed by atoms with E-state index in [-0.39, 0.29) is 4.90 Å². The van der Waals surface area contributed by atoms with Crippen LogP contribution in [0.3, 0.4) is 0 Å². The maximum absolute atomic E-state index is 13.4. The van der Waals surface area contributed by atoms with Crippen LogP contribution < -0.4 is 4.72 Å². The third-order valence-corrected chi connectivity index (χ3v) is 5.53. The van der Waals surface area contributed by atoms with Gasteiger partial charge in [-0.15, -0.1) is 11.3 Å². The van der Waals surface area contributed by atoms with Crippen molar-refractivity contribution < 1.29 is 21.6 Å². The first kappa shape index (κ1) is 15.3. The second-order valence-electron chi connectivity index (χ2n) is 3.82. The number of aryl methyl sites for hydroxylation is 1. The van der Waals surface area contributed by atoms with Gasteiger partial charge in [0.15, 0.2) is 11.6 Å². The molecule has 2 aromatic rings. The van der Waals surface area contributed by atoms with Crippen LogP contribution in [0.4, 0.5) is 18.9 Å². The second kappa shape index (κ2) is 5.38. The zero-order valence-electron chi connectivity index (χ0n) is 9.88. The van der Waals surface area contributed by atoms with Crippen molar-refractivity contribution in [2.75, 3.05) is 4.72 Å². The largest absolute Gasteiger partial charge is 0.274 e.